The second kappa shape index (κ2) is 3.78. The summed E-state index contributed by atoms with van der Waals surface area (Å²) in [6.45, 7) is 9.44. The van der Waals surface area contributed by atoms with Gasteiger partial charge in [0.25, 0.3) is 0 Å². The number of hydrogen-bond acceptors (Lipinski definition) is 2. The molecule has 86 valence electrons. The smallest absolute Gasteiger partial charge is 0.227 e. The molecule has 15 heavy (non-hydrogen) atoms. The van der Waals surface area contributed by atoms with E-state index < -0.39 is 0 Å². The molecule has 2 aliphatic heterocycles. The van der Waals surface area contributed by atoms with Crippen LogP contribution in [-0.4, -0.2) is 36.0 Å². The highest BCUT2D eigenvalue weighted by molar-refractivity contribution is 5.80. The third kappa shape index (κ3) is 2.03. The Morgan fingerprint density at radius 3 is 2.67 bits per heavy atom. The SMILES string of the molecule is CC1CN(C(=O)C2CCNC2)C(C)(C)C1. The fourth-order valence-electron chi connectivity index (χ4n) is 3.06. The van der Waals surface area contributed by atoms with Crippen molar-refractivity contribution in [2.45, 2.75) is 39.2 Å². The van der Waals surface area contributed by atoms with Crippen molar-refractivity contribution < 1.29 is 4.79 Å². The summed E-state index contributed by atoms with van der Waals surface area (Å²) in [6, 6.07) is 0. The van der Waals surface area contributed by atoms with Crippen LogP contribution >= 0.6 is 0 Å². The van der Waals surface area contributed by atoms with Crippen LogP contribution in [0.4, 0.5) is 0 Å². The molecule has 0 radical (unpaired) electrons. The first-order valence-corrected chi connectivity index (χ1v) is 6.03. The summed E-state index contributed by atoms with van der Waals surface area (Å²) in [4.78, 5) is 14.4. The van der Waals surface area contributed by atoms with E-state index in [1.807, 2.05) is 0 Å². The maximum absolute atomic E-state index is 12.3. The third-order valence-corrected chi connectivity index (χ3v) is 3.75. The number of carbonyl (C=O) groups is 1. The molecular weight excluding hydrogens is 188 g/mol. The van der Waals surface area contributed by atoms with E-state index in [2.05, 4.69) is 31.0 Å². The molecule has 2 unspecified atom stereocenters. The molecule has 2 aliphatic rings. The Morgan fingerprint density at radius 2 is 2.20 bits per heavy atom. The molecule has 0 bridgehead atoms. The average Bonchev–Trinajstić information content (AvgIpc) is 2.71. The first-order chi connectivity index (χ1) is 7.00. The van der Waals surface area contributed by atoms with Gasteiger partial charge in [-0.1, -0.05) is 6.92 Å². The molecule has 0 aromatic heterocycles. The minimum atomic E-state index is 0.0685. The normalized spacial score (nSPS) is 34.7. The molecule has 0 aromatic rings. The molecular formula is C12H22N2O. The number of carbonyl (C=O) groups excluding carboxylic acids is 1. The minimum Gasteiger partial charge on any atom is -0.337 e. The fourth-order valence-corrected chi connectivity index (χ4v) is 3.06. The van der Waals surface area contributed by atoms with Crippen molar-refractivity contribution >= 4 is 5.91 Å². The lowest BCUT2D eigenvalue weighted by Gasteiger charge is -2.33. The predicted octanol–water partition coefficient (Wildman–Crippen LogP) is 1.24. The summed E-state index contributed by atoms with van der Waals surface area (Å²) in [5.41, 5.74) is 0.0685. The first kappa shape index (κ1) is 10.9. The molecule has 3 heteroatoms. The first-order valence-electron chi connectivity index (χ1n) is 6.03. The molecule has 0 spiro atoms. The molecule has 1 amide bonds. The monoisotopic (exact) mass is 210 g/mol. The molecule has 1 N–H and O–H groups in total. The van der Waals surface area contributed by atoms with Gasteiger partial charge < -0.3 is 10.2 Å². The maximum atomic E-state index is 12.3. The number of likely N-dealkylation sites (tertiary alicyclic amines) is 1. The van der Waals surface area contributed by atoms with Gasteiger partial charge in [0.15, 0.2) is 0 Å². The lowest BCUT2D eigenvalue weighted by atomic mass is 9.96. The van der Waals surface area contributed by atoms with E-state index in [0.29, 0.717) is 11.8 Å². The molecule has 0 aromatic carbocycles. The highest BCUT2D eigenvalue weighted by Crippen LogP contribution is 2.34. The Bertz CT molecular complexity index is 256. The molecule has 2 heterocycles. The van der Waals surface area contributed by atoms with E-state index in [-0.39, 0.29) is 11.5 Å². The Balaban J connectivity index is 2.06. The maximum Gasteiger partial charge on any atom is 0.227 e. The zero-order valence-electron chi connectivity index (χ0n) is 10.0. The second-order valence-electron chi connectivity index (χ2n) is 5.76. The van der Waals surface area contributed by atoms with Gasteiger partial charge in [0.05, 0.1) is 5.92 Å². The van der Waals surface area contributed by atoms with Crippen LogP contribution < -0.4 is 5.32 Å². The number of hydrogen-bond donors (Lipinski definition) is 1. The zero-order chi connectivity index (χ0) is 11.1. The summed E-state index contributed by atoms with van der Waals surface area (Å²) in [6.07, 6.45) is 2.15. The summed E-state index contributed by atoms with van der Waals surface area (Å²) >= 11 is 0. The third-order valence-electron chi connectivity index (χ3n) is 3.75. The van der Waals surface area contributed by atoms with Gasteiger partial charge in [-0.15, -0.1) is 0 Å². The largest absolute Gasteiger partial charge is 0.337 e. The summed E-state index contributed by atoms with van der Waals surface area (Å²) in [5, 5.41) is 3.27. The topological polar surface area (TPSA) is 32.3 Å². The van der Waals surface area contributed by atoms with E-state index in [4.69, 9.17) is 0 Å². The van der Waals surface area contributed by atoms with Crippen molar-refractivity contribution in [2.75, 3.05) is 19.6 Å². The van der Waals surface area contributed by atoms with Crippen molar-refractivity contribution in [3.63, 3.8) is 0 Å². The van der Waals surface area contributed by atoms with Crippen LogP contribution in [0.15, 0.2) is 0 Å². The highest BCUT2D eigenvalue weighted by atomic mass is 16.2. The van der Waals surface area contributed by atoms with Crippen molar-refractivity contribution in [3.05, 3.63) is 0 Å². The molecule has 2 fully saturated rings. The van der Waals surface area contributed by atoms with Gasteiger partial charge in [0.1, 0.15) is 0 Å². The summed E-state index contributed by atoms with van der Waals surface area (Å²) in [7, 11) is 0. The number of amides is 1. The van der Waals surface area contributed by atoms with E-state index in [0.717, 1.165) is 32.5 Å². The van der Waals surface area contributed by atoms with Gasteiger partial charge in [-0.25, -0.2) is 0 Å². The Labute approximate surface area is 92.2 Å². The van der Waals surface area contributed by atoms with Crippen LogP contribution in [0.1, 0.15) is 33.6 Å². The molecule has 2 rings (SSSR count). The van der Waals surface area contributed by atoms with Gasteiger partial charge in [-0.05, 0) is 39.2 Å². The average molecular weight is 210 g/mol. The highest BCUT2D eigenvalue weighted by Gasteiger charge is 2.41. The van der Waals surface area contributed by atoms with E-state index in [1.54, 1.807) is 0 Å². The summed E-state index contributed by atoms with van der Waals surface area (Å²) in [5.74, 6) is 1.25. The molecule has 2 saturated heterocycles. The van der Waals surface area contributed by atoms with Gasteiger partial charge in [-0.3, -0.25) is 4.79 Å². The fraction of sp³-hybridized carbons (Fsp3) is 0.917. The summed E-state index contributed by atoms with van der Waals surface area (Å²) < 4.78 is 0. The van der Waals surface area contributed by atoms with E-state index in [9.17, 15) is 4.79 Å². The number of rotatable bonds is 1. The van der Waals surface area contributed by atoms with Crippen molar-refractivity contribution in [2.24, 2.45) is 11.8 Å². The Kier molecular flexibility index (Phi) is 2.75. The predicted molar refractivity (Wildman–Crippen MR) is 60.5 cm³/mol. The Morgan fingerprint density at radius 1 is 1.47 bits per heavy atom. The standard InChI is InChI=1S/C12H22N2O/c1-9-6-12(2,3)14(8-9)11(15)10-4-5-13-7-10/h9-10,13H,4-8H2,1-3H3. The lowest BCUT2D eigenvalue weighted by molar-refractivity contribution is -0.138. The van der Waals surface area contributed by atoms with Crippen LogP contribution in [-0.2, 0) is 4.79 Å². The minimum absolute atomic E-state index is 0.0685. The molecule has 0 aliphatic carbocycles. The van der Waals surface area contributed by atoms with Gasteiger partial charge in [0, 0.05) is 18.6 Å². The Hall–Kier alpha value is -0.570. The van der Waals surface area contributed by atoms with Crippen molar-refractivity contribution in [3.8, 4) is 0 Å². The number of nitrogens with one attached hydrogen (secondary N) is 1. The van der Waals surface area contributed by atoms with E-state index in [1.165, 1.54) is 0 Å². The second-order valence-corrected chi connectivity index (χ2v) is 5.76. The van der Waals surface area contributed by atoms with Crippen LogP contribution in [0.25, 0.3) is 0 Å². The lowest BCUT2D eigenvalue weighted by Crippen LogP contribution is -2.46. The van der Waals surface area contributed by atoms with Crippen LogP contribution in [0, 0.1) is 11.8 Å². The van der Waals surface area contributed by atoms with Gasteiger partial charge in [0.2, 0.25) is 5.91 Å². The van der Waals surface area contributed by atoms with Crippen LogP contribution in [0.5, 0.6) is 0 Å². The van der Waals surface area contributed by atoms with Crippen molar-refractivity contribution in [1.82, 2.24) is 10.2 Å². The zero-order valence-corrected chi connectivity index (χ0v) is 10.0. The molecule has 0 saturated carbocycles. The van der Waals surface area contributed by atoms with Gasteiger partial charge in [-0.2, -0.15) is 0 Å². The van der Waals surface area contributed by atoms with Crippen molar-refractivity contribution in [1.29, 1.82) is 0 Å². The van der Waals surface area contributed by atoms with Crippen LogP contribution in [0.3, 0.4) is 0 Å². The molecule has 3 nitrogen and oxygen atoms in total. The molecule has 2 atom stereocenters. The number of nitrogens with zero attached hydrogens (tertiary/aromatic N) is 1. The quantitative estimate of drug-likeness (QED) is 0.706. The van der Waals surface area contributed by atoms with E-state index >= 15 is 0 Å². The van der Waals surface area contributed by atoms with Crippen LogP contribution in [0.2, 0.25) is 0 Å². The van der Waals surface area contributed by atoms with Gasteiger partial charge >= 0.3 is 0 Å².